The van der Waals surface area contributed by atoms with Crippen molar-refractivity contribution in [2.24, 2.45) is 0 Å². The molecular weight excluding hydrogens is 208 g/mol. The third kappa shape index (κ3) is 5.14. The van der Waals surface area contributed by atoms with E-state index in [1.165, 1.54) is 26.0 Å². The molecule has 0 unspecified atom stereocenters. The molecule has 0 saturated carbocycles. The van der Waals surface area contributed by atoms with Crippen molar-refractivity contribution in [3.8, 4) is 0 Å². The highest BCUT2D eigenvalue weighted by atomic mass is 16.4. The molecule has 0 aromatic rings. The molecule has 0 aliphatic heterocycles. The van der Waals surface area contributed by atoms with Gasteiger partial charge in [-0.3, -0.25) is 0 Å². The molecule has 0 atom stereocenters. The zero-order chi connectivity index (χ0) is 12.7. The van der Waals surface area contributed by atoms with E-state index in [4.69, 9.17) is 10.2 Å². The lowest BCUT2D eigenvalue weighted by Gasteiger charge is -1.98. The first kappa shape index (κ1) is 14.2. The van der Waals surface area contributed by atoms with Gasteiger partial charge in [0.1, 0.15) is 0 Å². The quantitative estimate of drug-likeness (QED) is 0.555. The van der Waals surface area contributed by atoms with Crippen LogP contribution in [0.3, 0.4) is 0 Å². The summed E-state index contributed by atoms with van der Waals surface area (Å²) in [6, 6.07) is 0. The van der Waals surface area contributed by atoms with Crippen LogP contribution in [0.4, 0.5) is 0 Å². The van der Waals surface area contributed by atoms with Gasteiger partial charge in [0.25, 0.3) is 0 Å². The molecule has 0 fully saturated rings. The Morgan fingerprint density at radius 1 is 1.00 bits per heavy atom. The fraction of sp³-hybridized carbons (Fsp3) is 0.333. The number of hydrogen-bond acceptors (Lipinski definition) is 2. The summed E-state index contributed by atoms with van der Waals surface area (Å²) < 4.78 is 0. The third-order valence-electron chi connectivity index (χ3n) is 1.88. The Morgan fingerprint density at radius 2 is 1.38 bits per heavy atom. The molecule has 0 radical (unpaired) electrons. The van der Waals surface area contributed by atoms with Crippen molar-refractivity contribution in [1.29, 1.82) is 0 Å². The van der Waals surface area contributed by atoms with Crippen LogP contribution < -0.4 is 0 Å². The van der Waals surface area contributed by atoms with Gasteiger partial charge in [-0.25, -0.2) is 9.59 Å². The van der Waals surface area contributed by atoms with Crippen LogP contribution in [0.1, 0.15) is 27.2 Å². The molecule has 0 spiro atoms. The molecule has 0 saturated heterocycles. The van der Waals surface area contributed by atoms with E-state index in [1.807, 2.05) is 6.92 Å². The molecule has 0 aromatic carbocycles. The number of aliphatic carboxylic acids is 2. The zero-order valence-corrected chi connectivity index (χ0v) is 9.65. The lowest BCUT2D eigenvalue weighted by molar-refractivity contribution is -0.133. The summed E-state index contributed by atoms with van der Waals surface area (Å²) in [6.07, 6.45) is 5.40. The Kier molecular flexibility index (Phi) is 5.85. The van der Waals surface area contributed by atoms with E-state index in [-0.39, 0.29) is 11.1 Å². The molecule has 0 heterocycles. The van der Waals surface area contributed by atoms with Crippen LogP contribution in [-0.2, 0) is 9.59 Å². The van der Waals surface area contributed by atoms with Crippen LogP contribution in [0.2, 0.25) is 0 Å². The first-order valence-corrected chi connectivity index (χ1v) is 4.91. The SMILES string of the molecule is CCC=C(C=C(C)C(=O)O)C=C(C)C(=O)O. The maximum absolute atomic E-state index is 10.6. The minimum absolute atomic E-state index is 0.175. The Balaban J connectivity index is 5.14. The van der Waals surface area contributed by atoms with E-state index in [0.29, 0.717) is 12.0 Å². The molecule has 0 rings (SSSR count). The second kappa shape index (κ2) is 6.61. The minimum atomic E-state index is -1.01. The van der Waals surface area contributed by atoms with Gasteiger partial charge in [0.15, 0.2) is 0 Å². The summed E-state index contributed by atoms with van der Waals surface area (Å²) in [6.45, 7) is 4.83. The number of rotatable bonds is 5. The van der Waals surface area contributed by atoms with E-state index >= 15 is 0 Å². The van der Waals surface area contributed by atoms with E-state index < -0.39 is 11.9 Å². The van der Waals surface area contributed by atoms with Crippen LogP contribution >= 0.6 is 0 Å². The molecule has 4 nitrogen and oxygen atoms in total. The zero-order valence-electron chi connectivity index (χ0n) is 9.65. The molecule has 16 heavy (non-hydrogen) atoms. The third-order valence-corrected chi connectivity index (χ3v) is 1.88. The van der Waals surface area contributed by atoms with Crippen molar-refractivity contribution in [1.82, 2.24) is 0 Å². The van der Waals surface area contributed by atoms with E-state index in [9.17, 15) is 9.59 Å². The molecule has 0 bridgehead atoms. The average Bonchev–Trinajstić information content (AvgIpc) is 2.17. The Bertz CT molecular complexity index is 340. The number of carboxylic acids is 2. The first-order valence-electron chi connectivity index (χ1n) is 4.91. The summed E-state index contributed by atoms with van der Waals surface area (Å²) in [4.78, 5) is 21.3. The maximum atomic E-state index is 10.6. The highest BCUT2D eigenvalue weighted by Crippen LogP contribution is 2.09. The van der Waals surface area contributed by atoms with Crippen LogP contribution in [0.25, 0.3) is 0 Å². The van der Waals surface area contributed by atoms with Crippen molar-refractivity contribution >= 4 is 11.9 Å². The lowest BCUT2D eigenvalue weighted by atomic mass is 10.1. The molecular formula is C12H16O4. The van der Waals surface area contributed by atoms with Gasteiger partial charge < -0.3 is 10.2 Å². The van der Waals surface area contributed by atoms with Crippen LogP contribution in [0.5, 0.6) is 0 Å². The van der Waals surface area contributed by atoms with E-state index in [1.54, 1.807) is 6.08 Å². The maximum Gasteiger partial charge on any atom is 0.331 e. The molecule has 88 valence electrons. The highest BCUT2D eigenvalue weighted by Gasteiger charge is 2.03. The molecule has 4 heteroatoms. The Hall–Kier alpha value is -1.84. The van der Waals surface area contributed by atoms with Gasteiger partial charge in [-0.2, -0.15) is 0 Å². The normalized spacial score (nSPS) is 12.2. The van der Waals surface area contributed by atoms with Crippen molar-refractivity contribution in [2.45, 2.75) is 27.2 Å². The fourth-order valence-electron chi connectivity index (χ4n) is 1.02. The van der Waals surface area contributed by atoms with Gasteiger partial charge >= 0.3 is 11.9 Å². The van der Waals surface area contributed by atoms with Gasteiger partial charge in [0.05, 0.1) is 0 Å². The average molecular weight is 224 g/mol. The van der Waals surface area contributed by atoms with Gasteiger partial charge in [0, 0.05) is 11.1 Å². The van der Waals surface area contributed by atoms with Crippen molar-refractivity contribution in [3.05, 3.63) is 34.9 Å². The van der Waals surface area contributed by atoms with E-state index in [0.717, 1.165) is 0 Å². The van der Waals surface area contributed by atoms with Gasteiger partial charge in [-0.05, 0) is 38.0 Å². The molecule has 2 N–H and O–H groups in total. The molecule has 0 aliphatic carbocycles. The minimum Gasteiger partial charge on any atom is -0.478 e. The van der Waals surface area contributed by atoms with Crippen LogP contribution in [0, 0.1) is 0 Å². The number of carboxylic acid groups (broad SMARTS) is 2. The number of allylic oxidation sites excluding steroid dienone is 4. The molecule has 0 amide bonds. The first-order chi connectivity index (χ1) is 7.38. The van der Waals surface area contributed by atoms with Gasteiger partial charge in [-0.15, -0.1) is 0 Å². The largest absolute Gasteiger partial charge is 0.478 e. The van der Waals surface area contributed by atoms with Crippen LogP contribution in [0.15, 0.2) is 34.9 Å². The summed E-state index contributed by atoms with van der Waals surface area (Å²) in [5, 5.41) is 17.4. The predicted molar refractivity (Wildman–Crippen MR) is 61.2 cm³/mol. The standard InChI is InChI=1S/C12H16O4/c1-4-5-10(6-8(2)11(13)14)7-9(3)12(15)16/h5-7H,4H2,1-3H3,(H,13,14)(H,15,16). The Labute approximate surface area is 94.6 Å². The van der Waals surface area contributed by atoms with Crippen molar-refractivity contribution < 1.29 is 19.8 Å². The van der Waals surface area contributed by atoms with Crippen molar-refractivity contribution in [3.63, 3.8) is 0 Å². The van der Waals surface area contributed by atoms with Crippen molar-refractivity contribution in [2.75, 3.05) is 0 Å². The molecule has 0 aromatic heterocycles. The summed E-state index contributed by atoms with van der Waals surface area (Å²) in [5.74, 6) is -2.02. The smallest absolute Gasteiger partial charge is 0.331 e. The van der Waals surface area contributed by atoms with E-state index in [2.05, 4.69) is 0 Å². The fourth-order valence-corrected chi connectivity index (χ4v) is 1.02. The topological polar surface area (TPSA) is 74.6 Å². The summed E-state index contributed by atoms with van der Waals surface area (Å²) in [5.41, 5.74) is 0.950. The molecule has 0 aliphatic rings. The Morgan fingerprint density at radius 3 is 1.62 bits per heavy atom. The highest BCUT2D eigenvalue weighted by molar-refractivity contribution is 5.88. The van der Waals surface area contributed by atoms with Crippen LogP contribution in [-0.4, -0.2) is 22.2 Å². The lowest BCUT2D eigenvalue weighted by Crippen LogP contribution is -1.98. The summed E-state index contributed by atoms with van der Waals surface area (Å²) >= 11 is 0. The van der Waals surface area contributed by atoms with Gasteiger partial charge in [-0.1, -0.05) is 13.0 Å². The summed E-state index contributed by atoms with van der Waals surface area (Å²) in [7, 11) is 0. The monoisotopic (exact) mass is 224 g/mol. The predicted octanol–water partition coefficient (Wildman–Crippen LogP) is 2.38. The number of carbonyl (C=O) groups is 2. The van der Waals surface area contributed by atoms with Gasteiger partial charge in [0.2, 0.25) is 0 Å². The number of hydrogen-bond donors (Lipinski definition) is 2. The second-order valence-electron chi connectivity index (χ2n) is 3.38. The second-order valence-corrected chi connectivity index (χ2v) is 3.38.